The number of hydrogen-bond donors (Lipinski definition) is 2. The second-order valence-corrected chi connectivity index (χ2v) is 12.1. The van der Waals surface area contributed by atoms with Crippen molar-refractivity contribution < 1.29 is 23.0 Å². The molecule has 1 saturated heterocycles. The van der Waals surface area contributed by atoms with E-state index >= 15 is 0 Å². The van der Waals surface area contributed by atoms with E-state index in [1.807, 2.05) is 42.5 Å². The van der Waals surface area contributed by atoms with Crippen molar-refractivity contribution in [1.29, 1.82) is 0 Å². The van der Waals surface area contributed by atoms with Gasteiger partial charge in [0.1, 0.15) is 11.5 Å². The minimum absolute atomic E-state index is 0.0536. The Morgan fingerprint density at radius 2 is 1.79 bits per heavy atom. The summed E-state index contributed by atoms with van der Waals surface area (Å²) in [5.41, 5.74) is 3.54. The van der Waals surface area contributed by atoms with Gasteiger partial charge in [0.15, 0.2) is 5.03 Å². The van der Waals surface area contributed by atoms with Crippen molar-refractivity contribution in [2.45, 2.75) is 23.0 Å². The van der Waals surface area contributed by atoms with Gasteiger partial charge in [-0.25, -0.2) is 13.4 Å². The first-order chi connectivity index (χ1) is 18.3. The highest BCUT2D eigenvalue weighted by atomic mass is 32.2. The van der Waals surface area contributed by atoms with Crippen LogP contribution in [0, 0.1) is 0 Å². The van der Waals surface area contributed by atoms with Crippen molar-refractivity contribution in [3.8, 4) is 11.5 Å². The van der Waals surface area contributed by atoms with E-state index in [-0.39, 0.29) is 17.7 Å². The lowest BCUT2D eigenvalue weighted by Gasteiger charge is -2.55. The van der Waals surface area contributed by atoms with E-state index in [1.165, 1.54) is 16.8 Å². The van der Waals surface area contributed by atoms with Crippen LogP contribution in [0.4, 0.5) is 0 Å². The van der Waals surface area contributed by atoms with Crippen LogP contribution in [0.15, 0.2) is 60.0 Å². The first-order valence-electron chi connectivity index (χ1n) is 12.4. The van der Waals surface area contributed by atoms with E-state index in [1.54, 1.807) is 25.8 Å². The highest BCUT2D eigenvalue weighted by molar-refractivity contribution is 7.89. The Labute approximate surface area is 221 Å². The van der Waals surface area contributed by atoms with E-state index in [0.29, 0.717) is 26.2 Å². The Bertz CT molecular complexity index is 1590. The number of aromatic amines is 1. The number of rotatable bonds is 7. The molecule has 200 valence electrons. The molecule has 2 aliphatic rings. The quantitative estimate of drug-likeness (QED) is 0.372. The van der Waals surface area contributed by atoms with Gasteiger partial charge in [-0.3, -0.25) is 4.90 Å². The van der Waals surface area contributed by atoms with Crippen LogP contribution in [-0.2, 0) is 29.0 Å². The number of aliphatic hydroxyl groups is 1. The molecule has 1 atom stereocenters. The van der Waals surface area contributed by atoms with Crippen LogP contribution < -0.4 is 9.47 Å². The number of aromatic nitrogens is 3. The molecule has 2 aliphatic heterocycles. The van der Waals surface area contributed by atoms with Crippen LogP contribution in [0.2, 0.25) is 0 Å². The summed E-state index contributed by atoms with van der Waals surface area (Å²) < 4.78 is 40.6. The Hall–Kier alpha value is -3.38. The predicted octanol–water partition coefficient (Wildman–Crippen LogP) is 2.41. The lowest BCUT2D eigenvalue weighted by atomic mass is 9.70. The van der Waals surface area contributed by atoms with Crippen molar-refractivity contribution >= 4 is 20.9 Å². The maximum atomic E-state index is 13.4. The molecule has 4 aromatic rings. The monoisotopic (exact) mass is 537 g/mol. The Morgan fingerprint density at radius 1 is 1.08 bits per heavy atom. The summed E-state index contributed by atoms with van der Waals surface area (Å²) in [7, 11) is 1.30. The van der Waals surface area contributed by atoms with E-state index in [9.17, 15) is 13.5 Å². The Kier molecular flexibility index (Phi) is 5.98. The Morgan fingerprint density at radius 3 is 2.42 bits per heavy atom. The number of H-pyrrole nitrogens is 1. The Balaban J connectivity index is 1.41. The first kappa shape index (κ1) is 24.9. The van der Waals surface area contributed by atoms with Gasteiger partial charge in [-0.15, -0.1) is 0 Å². The molecule has 2 aromatic heterocycles. The molecule has 0 radical (unpaired) electrons. The molecule has 2 aromatic carbocycles. The maximum Gasteiger partial charge on any atom is 0.262 e. The largest absolute Gasteiger partial charge is 0.497 e. The van der Waals surface area contributed by atoms with Crippen LogP contribution >= 0.6 is 0 Å². The van der Waals surface area contributed by atoms with Gasteiger partial charge in [-0.2, -0.15) is 4.31 Å². The van der Waals surface area contributed by atoms with Crippen LogP contribution in [0.1, 0.15) is 22.9 Å². The molecule has 0 bridgehead atoms. The maximum absolute atomic E-state index is 13.4. The van der Waals surface area contributed by atoms with Gasteiger partial charge in [0, 0.05) is 67.5 Å². The zero-order valence-electron chi connectivity index (χ0n) is 21.6. The topological polar surface area (TPSA) is 113 Å². The average molecular weight is 538 g/mol. The molecule has 38 heavy (non-hydrogen) atoms. The molecule has 6 rings (SSSR count). The molecule has 10 nitrogen and oxygen atoms in total. The summed E-state index contributed by atoms with van der Waals surface area (Å²) in [6, 6.07) is 13.5. The summed E-state index contributed by atoms with van der Waals surface area (Å²) in [6.07, 6.45) is 3.03. The summed E-state index contributed by atoms with van der Waals surface area (Å²) in [5, 5.41) is 11.6. The number of ether oxygens (including phenoxy) is 2. The predicted molar refractivity (Wildman–Crippen MR) is 142 cm³/mol. The standard InChI is InChI=1S/C27H31N5O5S/c1-30-12-24(28-17-30)38(34,35)32-15-27(16-32)14-31(11-18-4-6-19(36-2)7-5-18)23(13-33)26-25(27)21-9-8-20(37-3)10-22(21)29-26/h4-10,12,17,23,29,33H,11,13-16H2,1-3H3/t23-/m1/s1. The van der Waals surface area contributed by atoms with Gasteiger partial charge < -0.3 is 24.1 Å². The average Bonchev–Trinajstić information content (AvgIpc) is 3.51. The third-order valence-corrected chi connectivity index (χ3v) is 9.48. The van der Waals surface area contributed by atoms with E-state index in [4.69, 9.17) is 9.47 Å². The SMILES string of the molecule is COc1ccc(CN2CC3(CN(S(=O)(=O)c4cn(C)cn4)C3)c3c([nH]c4cc(OC)ccc34)[C@H]2CO)cc1. The molecule has 0 saturated carbocycles. The second kappa shape index (κ2) is 9.12. The van der Waals surface area contributed by atoms with Crippen LogP contribution in [-0.4, -0.2) is 77.7 Å². The molecule has 1 spiro atoms. The molecule has 2 N–H and O–H groups in total. The van der Waals surface area contributed by atoms with Gasteiger partial charge >= 0.3 is 0 Å². The van der Waals surface area contributed by atoms with Gasteiger partial charge in [-0.1, -0.05) is 12.1 Å². The summed E-state index contributed by atoms with van der Waals surface area (Å²) in [4.78, 5) is 9.89. The lowest BCUT2D eigenvalue weighted by molar-refractivity contribution is 0.0257. The number of benzene rings is 2. The molecule has 0 aliphatic carbocycles. The van der Waals surface area contributed by atoms with Gasteiger partial charge in [0.05, 0.1) is 33.2 Å². The van der Waals surface area contributed by atoms with Crippen molar-refractivity contribution in [2.75, 3.05) is 40.5 Å². The molecular weight excluding hydrogens is 506 g/mol. The minimum Gasteiger partial charge on any atom is -0.497 e. The zero-order chi connectivity index (χ0) is 26.7. The van der Waals surface area contributed by atoms with Gasteiger partial charge in [-0.05, 0) is 35.4 Å². The fraction of sp³-hybridized carbons (Fsp3) is 0.370. The highest BCUT2D eigenvalue weighted by Crippen LogP contribution is 2.50. The number of fused-ring (bicyclic) bond motifs is 4. The van der Waals surface area contributed by atoms with Crippen molar-refractivity contribution in [3.05, 3.63) is 71.8 Å². The van der Waals surface area contributed by atoms with Crippen molar-refractivity contribution in [3.63, 3.8) is 0 Å². The summed E-state index contributed by atoms with van der Waals surface area (Å²) >= 11 is 0. The third-order valence-electron chi connectivity index (χ3n) is 7.81. The van der Waals surface area contributed by atoms with E-state index < -0.39 is 15.4 Å². The molecular formula is C27H31N5O5S. The highest BCUT2D eigenvalue weighted by Gasteiger charge is 2.56. The van der Waals surface area contributed by atoms with Crippen LogP contribution in [0.5, 0.6) is 11.5 Å². The van der Waals surface area contributed by atoms with E-state index in [0.717, 1.165) is 39.2 Å². The molecule has 0 unspecified atom stereocenters. The number of sulfonamides is 1. The molecule has 1 fully saturated rings. The minimum atomic E-state index is -3.72. The smallest absolute Gasteiger partial charge is 0.262 e. The lowest BCUT2D eigenvalue weighted by Crippen LogP contribution is -2.67. The zero-order valence-corrected chi connectivity index (χ0v) is 22.4. The number of aryl methyl sites for hydroxylation is 1. The second-order valence-electron chi connectivity index (χ2n) is 10.2. The molecule has 11 heteroatoms. The third kappa shape index (κ3) is 3.89. The fourth-order valence-corrected chi connectivity index (χ4v) is 7.53. The number of aliphatic hydroxyl groups excluding tert-OH is 1. The van der Waals surface area contributed by atoms with Crippen LogP contribution in [0.3, 0.4) is 0 Å². The number of imidazole rings is 1. The van der Waals surface area contributed by atoms with Gasteiger partial charge in [0.2, 0.25) is 0 Å². The van der Waals surface area contributed by atoms with Crippen molar-refractivity contribution in [2.24, 2.45) is 7.05 Å². The number of methoxy groups -OCH3 is 2. The number of hydrogen-bond acceptors (Lipinski definition) is 7. The van der Waals surface area contributed by atoms with Gasteiger partial charge in [0.25, 0.3) is 10.0 Å². The normalized spacial score (nSPS) is 19.4. The molecule has 4 heterocycles. The first-order valence-corrected chi connectivity index (χ1v) is 13.9. The fourth-order valence-electron chi connectivity index (χ4n) is 5.96. The summed E-state index contributed by atoms with van der Waals surface area (Å²) in [6.45, 7) is 1.79. The number of nitrogens with zero attached hydrogens (tertiary/aromatic N) is 4. The summed E-state index contributed by atoms with van der Waals surface area (Å²) in [5.74, 6) is 1.51. The van der Waals surface area contributed by atoms with Crippen LogP contribution in [0.25, 0.3) is 10.9 Å². The molecule has 0 amide bonds. The number of nitrogens with one attached hydrogen (secondary N) is 1. The van der Waals surface area contributed by atoms with Crippen molar-refractivity contribution in [1.82, 2.24) is 23.7 Å². The van der Waals surface area contributed by atoms with E-state index in [2.05, 4.69) is 14.9 Å².